The van der Waals surface area contributed by atoms with Crippen molar-refractivity contribution in [1.29, 1.82) is 0 Å². The molecule has 0 spiro atoms. The first-order chi connectivity index (χ1) is 18.6. The van der Waals surface area contributed by atoms with Crippen molar-refractivity contribution in [3.63, 3.8) is 0 Å². The summed E-state index contributed by atoms with van der Waals surface area (Å²) in [6.07, 6.45) is 2.24. The van der Waals surface area contributed by atoms with E-state index in [0.29, 0.717) is 23.2 Å². The van der Waals surface area contributed by atoms with E-state index < -0.39 is 20.9 Å². The Hall–Kier alpha value is -4.35. The Morgan fingerprint density at radius 2 is 1.72 bits per heavy atom. The van der Waals surface area contributed by atoms with Gasteiger partial charge in [0.1, 0.15) is 0 Å². The van der Waals surface area contributed by atoms with Gasteiger partial charge in [-0.1, -0.05) is 54.1 Å². The van der Waals surface area contributed by atoms with Gasteiger partial charge in [-0.2, -0.15) is 0 Å². The van der Waals surface area contributed by atoms with Crippen LogP contribution in [0.5, 0.6) is 0 Å². The number of nitrogens with one attached hydrogen (secondary N) is 1. The number of nitro benzene ring substituents is 1. The van der Waals surface area contributed by atoms with Gasteiger partial charge in [0.05, 0.1) is 21.1 Å². The Morgan fingerprint density at radius 3 is 2.38 bits per heavy atom. The molecule has 0 bridgehead atoms. The summed E-state index contributed by atoms with van der Waals surface area (Å²) < 4.78 is 27.7. The van der Waals surface area contributed by atoms with Crippen LogP contribution in [0.4, 0.5) is 11.6 Å². The van der Waals surface area contributed by atoms with Gasteiger partial charge in [0, 0.05) is 43.4 Å². The molecule has 1 aromatic heterocycles. The van der Waals surface area contributed by atoms with Crippen LogP contribution in [0, 0.1) is 10.1 Å². The molecule has 12 heteroatoms. The van der Waals surface area contributed by atoms with Crippen LogP contribution in [0.3, 0.4) is 0 Å². The first kappa shape index (κ1) is 27.7. The zero-order valence-electron chi connectivity index (χ0n) is 20.8. The Kier molecular flexibility index (Phi) is 8.52. The first-order valence-electron chi connectivity index (χ1n) is 11.8. The Labute approximate surface area is 230 Å². The highest BCUT2D eigenvalue weighted by Crippen LogP contribution is 2.20. The van der Waals surface area contributed by atoms with Gasteiger partial charge < -0.3 is 4.90 Å². The molecule has 0 fully saturated rings. The lowest BCUT2D eigenvalue weighted by Crippen LogP contribution is -2.32. The standard InChI is InChI=1S/C27H24ClN5O5S/c1-32(15-14-19-6-3-2-4-7-19)27-29-18-24(25(30-27)17-20-8-5-9-21(28)16-20)26(34)31-39(37,38)23-12-10-22(11-13-23)33(35)36/h2-13,16,18H,14-15,17H2,1H3,(H,31,34). The van der Waals surface area contributed by atoms with Crippen molar-refractivity contribution in [2.45, 2.75) is 17.7 Å². The van der Waals surface area contributed by atoms with Crippen LogP contribution >= 0.6 is 11.6 Å². The van der Waals surface area contributed by atoms with Crippen molar-refractivity contribution in [1.82, 2.24) is 14.7 Å². The molecule has 0 aliphatic carbocycles. The van der Waals surface area contributed by atoms with Crippen LogP contribution in [0.2, 0.25) is 5.02 Å². The SMILES string of the molecule is CN(CCc1ccccc1)c1ncc(C(=O)NS(=O)(=O)c2ccc([N+](=O)[O-])cc2)c(Cc2cccc(Cl)c2)n1. The fourth-order valence-electron chi connectivity index (χ4n) is 3.78. The van der Waals surface area contributed by atoms with Crippen molar-refractivity contribution < 1.29 is 18.1 Å². The summed E-state index contributed by atoms with van der Waals surface area (Å²) in [5.41, 5.74) is 1.93. The summed E-state index contributed by atoms with van der Waals surface area (Å²) in [5, 5.41) is 11.4. The second kappa shape index (κ2) is 12.0. The van der Waals surface area contributed by atoms with Gasteiger partial charge in [-0.25, -0.2) is 23.1 Å². The number of likely N-dealkylation sites (N-methyl/N-ethyl adjacent to an activating group) is 1. The lowest BCUT2D eigenvalue weighted by molar-refractivity contribution is -0.384. The number of rotatable bonds is 10. The summed E-state index contributed by atoms with van der Waals surface area (Å²) in [7, 11) is -2.49. The molecule has 0 radical (unpaired) electrons. The third kappa shape index (κ3) is 7.15. The average Bonchev–Trinajstić information content (AvgIpc) is 2.92. The Balaban J connectivity index is 1.61. The topological polar surface area (TPSA) is 135 Å². The molecular weight excluding hydrogens is 542 g/mol. The van der Waals surface area contributed by atoms with E-state index in [0.717, 1.165) is 41.8 Å². The highest BCUT2D eigenvalue weighted by Gasteiger charge is 2.23. The van der Waals surface area contributed by atoms with E-state index >= 15 is 0 Å². The normalized spacial score (nSPS) is 11.1. The molecule has 4 aromatic rings. The van der Waals surface area contributed by atoms with E-state index in [2.05, 4.69) is 9.97 Å². The van der Waals surface area contributed by atoms with E-state index in [1.165, 1.54) is 6.20 Å². The van der Waals surface area contributed by atoms with Gasteiger partial charge in [0.2, 0.25) is 5.95 Å². The number of sulfonamides is 1. The van der Waals surface area contributed by atoms with Crippen LogP contribution in [0.25, 0.3) is 0 Å². The maximum Gasteiger partial charge on any atom is 0.269 e. The minimum absolute atomic E-state index is 0.0272. The number of benzene rings is 3. The third-order valence-corrected chi connectivity index (χ3v) is 7.45. The van der Waals surface area contributed by atoms with E-state index in [9.17, 15) is 23.3 Å². The van der Waals surface area contributed by atoms with E-state index in [1.807, 2.05) is 53.1 Å². The smallest absolute Gasteiger partial charge is 0.269 e. The zero-order chi connectivity index (χ0) is 28.0. The van der Waals surface area contributed by atoms with Gasteiger partial charge in [-0.3, -0.25) is 14.9 Å². The molecular formula is C27H24ClN5O5S. The molecule has 3 aromatic carbocycles. The van der Waals surface area contributed by atoms with Gasteiger partial charge in [0.25, 0.3) is 21.6 Å². The van der Waals surface area contributed by atoms with Gasteiger partial charge in [-0.05, 0) is 41.8 Å². The maximum absolute atomic E-state index is 13.2. The second-order valence-electron chi connectivity index (χ2n) is 8.68. The predicted octanol–water partition coefficient (Wildman–Crippen LogP) is 4.43. The maximum atomic E-state index is 13.2. The number of non-ortho nitro benzene ring substituents is 1. The molecule has 39 heavy (non-hydrogen) atoms. The number of anilines is 1. The van der Waals surface area contributed by atoms with Crippen LogP contribution in [0.1, 0.15) is 27.2 Å². The van der Waals surface area contributed by atoms with Crippen LogP contribution in [-0.2, 0) is 22.9 Å². The molecule has 0 unspecified atom stereocenters. The minimum atomic E-state index is -4.32. The molecule has 0 aliphatic rings. The van der Waals surface area contributed by atoms with Crippen LogP contribution in [0.15, 0.2) is 90.0 Å². The van der Waals surface area contributed by atoms with Crippen molar-refractivity contribution in [3.05, 3.63) is 123 Å². The zero-order valence-corrected chi connectivity index (χ0v) is 22.4. The fraction of sp³-hybridized carbons (Fsp3) is 0.148. The lowest BCUT2D eigenvalue weighted by Gasteiger charge is -2.19. The number of hydrogen-bond donors (Lipinski definition) is 1. The largest absolute Gasteiger partial charge is 0.344 e. The summed E-state index contributed by atoms with van der Waals surface area (Å²) in [4.78, 5) is 33.9. The minimum Gasteiger partial charge on any atom is -0.344 e. The van der Waals surface area contributed by atoms with Gasteiger partial charge in [0.15, 0.2) is 0 Å². The van der Waals surface area contributed by atoms with Crippen LogP contribution < -0.4 is 9.62 Å². The molecule has 0 aliphatic heterocycles. The van der Waals surface area contributed by atoms with E-state index in [1.54, 1.807) is 18.2 Å². The number of hydrogen-bond acceptors (Lipinski definition) is 8. The molecule has 4 rings (SSSR count). The Morgan fingerprint density at radius 1 is 1.03 bits per heavy atom. The molecule has 10 nitrogen and oxygen atoms in total. The molecule has 200 valence electrons. The van der Waals surface area contributed by atoms with E-state index in [-0.39, 0.29) is 22.6 Å². The second-order valence-corrected chi connectivity index (χ2v) is 10.8. The number of carbonyl (C=O) groups is 1. The predicted molar refractivity (Wildman–Crippen MR) is 147 cm³/mol. The summed E-state index contributed by atoms with van der Waals surface area (Å²) in [6.45, 7) is 0.612. The Bertz CT molecular complexity index is 1600. The number of nitro groups is 1. The van der Waals surface area contributed by atoms with Gasteiger partial charge in [-0.15, -0.1) is 0 Å². The molecule has 1 N–H and O–H groups in total. The highest BCUT2D eigenvalue weighted by atomic mass is 35.5. The monoisotopic (exact) mass is 565 g/mol. The quantitative estimate of drug-likeness (QED) is 0.220. The molecule has 0 saturated heterocycles. The van der Waals surface area contributed by atoms with Crippen molar-refractivity contribution in [3.8, 4) is 0 Å². The number of nitrogens with zero attached hydrogens (tertiary/aromatic N) is 4. The number of amides is 1. The van der Waals surface area contributed by atoms with Gasteiger partial charge >= 0.3 is 0 Å². The number of aromatic nitrogens is 2. The molecule has 0 atom stereocenters. The lowest BCUT2D eigenvalue weighted by atomic mass is 10.1. The van der Waals surface area contributed by atoms with Crippen molar-refractivity contribution in [2.75, 3.05) is 18.5 Å². The molecule has 0 saturated carbocycles. The molecule has 1 amide bonds. The summed E-state index contributed by atoms with van der Waals surface area (Å²) in [6, 6.07) is 21.2. The average molecular weight is 566 g/mol. The van der Waals surface area contributed by atoms with Crippen molar-refractivity contribution in [2.24, 2.45) is 0 Å². The first-order valence-corrected chi connectivity index (χ1v) is 13.7. The fourth-order valence-corrected chi connectivity index (χ4v) is 4.96. The number of halogens is 1. The van der Waals surface area contributed by atoms with Crippen LogP contribution in [-0.4, -0.2) is 42.8 Å². The summed E-state index contributed by atoms with van der Waals surface area (Å²) in [5.74, 6) is -0.554. The number of carbonyl (C=O) groups excluding carboxylic acids is 1. The third-order valence-electron chi connectivity index (χ3n) is 5.87. The van der Waals surface area contributed by atoms with E-state index in [4.69, 9.17) is 11.6 Å². The van der Waals surface area contributed by atoms with Crippen molar-refractivity contribution >= 4 is 39.2 Å². The highest BCUT2D eigenvalue weighted by molar-refractivity contribution is 7.90. The molecule has 1 heterocycles. The summed E-state index contributed by atoms with van der Waals surface area (Å²) >= 11 is 6.14.